The Hall–Kier alpha value is -1.73. The van der Waals surface area contributed by atoms with E-state index >= 15 is 0 Å². The van der Waals surface area contributed by atoms with Crippen LogP contribution in [0.3, 0.4) is 0 Å². The molecule has 2 heterocycles. The van der Waals surface area contributed by atoms with E-state index in [4.69, 9.17) is 10.5 Å². The number of ether oxygens (including phenoxy) is 1. The number of nitrogens with one attached hydrogen (secondary N) is 1. The zero-order valence-corrected chi connectivity index (χ0v) is 12.9. The maximum Gasteiger partial charge on any atom is 0.305 e. The fraction of sp³-hybridized carbons (Fsp3) is 0.286. The maximum absolute atomic E-state index is 11.8. The zero-order valence-electron chi connectivity index (χ0n) is 11.3. The van der Waals surface area contributed by atoms with E-state index < -0.39 is 0 Å². The standard InChI is InChI=1S/C14H14N2O3S2/c1-19-8-4-2-7(3-5-8)10-9(12(15)17)6-20-13-11(10)21-14(18)16-13/h2-5,9-10H,6H2,1H3,(H2,15,17)(H,16,18)/t9-,10+/m0/s1. The van der Waals surface area contributed by atoms with Gasteiger partial charge in [-0.05, 0) is 17.7 Å². The van der Waals surface area contributed by atoms with Crippen molar-refractivity contribution >= 4 is 29.0 Å². The van der Waals surface area contributed by atoms with Gasteiger partial charge in [0.1, 0.15) is 5.75 Å². The third kappa shape index (κ3) is 2.58. The molecule has 3 N–H and O–H groups in total. The van der Waals surface area contributed by atoms with E-state index in [9.17, 15) is 9.59 Å². The highest BCUT2D eigenvalue weighted by molar-refractivity contribution is 7.99. The summed E-state index contributed by atoms with van der Waals surface area (Å²) in [6, 6.07) is 7.54. The third-order valence-electron chi connectivity index (χ3n) is 3.57. The lowest BCUT2D eigenvalue weighted by atomic mass is 9.85. The predicted molar refractivity (Wildman–Crippen MR) is 83.2 cm³/mol. The number of benzene rings is 1. The number of carbonyl (C=O) groups is 1. The Morgan fingerprint density at radius 3 is 2.71 bits per heavy atom. The van der Waals surface area contributed by atoms with Crippen LogP contribution in [0.5, 0.6) is 5.75 Å². The quantitative estimate of drug-likeness (QED) is 0.902. The maximum atomic E-state index is 11.8. The average Bonchev–Trinajstić information content (AvgIpc) is 2.86. The summed E-state index contributed by atoms with van der Waals surface area (Å²) in [5.74, 6) is 0.499. The highest BCUT2D eigenvalue weighted by Crippen LogP contribution is 2.45. The number of nitrogens with two attached hydrogens (primary N) is 1. The monoisotopic (exact) mass is 322 g/mol. The van der Waals surface area contributed by atoms with E-state index in [1.165, 1.54) is 11.8 Å². The number of hydrogen-bond donors (Lipinski definition) is 2. The number of fused-ring (bicyclic) bond motifs is 1. The summed E-state index contributed by atoms with van der Waals surface area (Å²) in [5, 5.41) is 0.850. The Bertz CT molecular complexity index is 721. The molecular formula is C14H14N2O3S2. The predicted octanol–water partition coefficient (Wildman–Crippen LogP) is 1.78. The largest absolute Gasteiger partial charge is 0.497 e. The molecule has 0 bridgehead atoms. The van der Waals surface area contributed by atoms with Crippen LogP contribution in [0.15, 0.2) is 34.1 Å². The summed E-state index contributed by atoms with van der Waals surface area (Å²) >= 11 is 2.63. The van der Waals surface area contributed by atoms with Crippen LogP contribution >= 0.6 is 23.1 Å². The van der Waals surface area contributed by atoms with Gasteiger partial charge in [0.2, 0.25) is 5.91 Å². The number of hydrogen-bond acceptors (Lipinski definition) is 5. The molecule has 1 amide bonds. The number of aromatic amines is 1. The van der Waals surface area contributed by atoms with Gasteiger partial charge in [0.05, 0.1) is 18.1 Å². The Balaban J connectivity index is 2.09. The van der Waals surface area contributed by atoms with Crippen molar-refractivity contribution in [3.8, 4) is 5.75 Å². The minimum atomic E-state index is -0.338. The van der Waals surface area contributed by atoms with Crippen molar-refractivity contribution in [1.29, 1.82) is 0 Å². The summed E-state index contributed by atoms with van der Waals surface area (Å²) in [4.78, 5) is 27.0. The van der Waals surface area contributed by atoms with Crippen molar-refractivity contribution < 1.29 is 9.53 Å². The molecule has 0 unspecified atom stereocenters. The van der Waals surface area contributed by atoms with Gasteiger partial charge < -0.3 is 15.5 Å². The smallest absolute Gasteiger partial charge is 0.305 e. The van der Waals surface area contributed by atoms with Gasteiger partial charge >= 0.3 is 4.87 Å². The van der Waals surface area contributed by atoms with E-state index in [0.29, 0.717) is 5.75 Å². The number of methoxy groups -OCH3 is 1. The first-order chi connectivity index (χ1) is 10.1. The van der Waals surface area contributed by atoms with Gasteiger partial charge in [0.15, 0.2) is 0 Å². The Morgan fingerprint density at radius 1 is 1.38 bits per heavy atom. The number of thioether (sulfide) groups is 1. The summed E-state index contributed by atoms with van der Waals surface area (Å²) < 4.78 is 5.16. The van der Waals surface area contributed by atoms with Gasteiger partial charge in [-0.15, -0.1) is 11.8 Å². The van der Waals surface area contributed by atoms with Crippen molar-refractivity contribution in [2.45, 2.75) is 10.9 Å². The Kier molecular flexibility index (Phi) is 3.77. The molecule has 3 rings (SSSR count). The second-order valence-electron chi connectivity index (χ2n) is 4.78. The molecule has 0 radical (unpaired) electrons. The van der Waals surface area contributed by atoms with Crippen molar-refractivity contribution in [2.75, 3.05) is 12.9 Å². The summed E-state index contributed by atoms with van der Waals surface area (Å²) in [6.07, 6.45) is 0. The lowest BCUT2D eigenvalue weighted by Crippen LogP contribution is -2.33. The molecule has 2 atom stereocenters. The summed E-state index contributed by atoms with van der Waals surface area (Å²) in [6.45, 7) is 0. The number of aromatic nitrogens is 1. The van der Waals surface area contributed by atoms with Crippen LogP contribution in [-0.4, -0.2) is 23.8 Å². The van der Waals surface area contributed by atoms with Gasteiger partial charge in [0, 0.05) is 16.5 Å². The van der Waals surface area contributed by atoms with Crippen LogP contribution in [-0.2, 0) is 4.79 Å². The van der Waals surface area contributed by atoms with E-state index in [-0.39, 0.29) is 22.6 Å². The van der Waals surface area contributed by atoms with E-state index in [0.717, 1.165) is 32.6 Å². The summed E-state index contributed by atoms with van der Waals surface area (Å²) in [5.41, 5.74) is 6.52. The van der Waals surface area contributed by atoms with Gasteiger partial charge in [-0.2, -0.15) is 0 Å². The van der Waals surface area contributed by atoms with E-state index in [2.05, 4.69) is 4.98 Å². The first-order valence-corrected chi connectivity index (χ1v) is 8.19. The molecule has 7 heteroatoms. The molecule has 0 aliphatic carbocycles. The normalized spacial score (nSPS) is 20.8. The second-order valence-corrected chi connectivity index (χ2v) is 6.82. The van der Waals surface area contributed by atoms with E-state index in [1.54, 1.807) is 7.11 Å². The number of primary amides is 1. The Morgan fingerprint density at radius 2 is 2.10 bits per heavy atom. The molecule has 1 aromatic heterocycles. The van der Waals surface area contributed by atoms with Gasteiger partial charge in [-0.3, -0.25) is 9.59 Å². The molecular weight excluding hydrogens is 308 g/mol. The SMILES string of the molecule is COc1ccc([C@H]2c3sc(=O)[nH]c3SC[C@@H]2C(N)=O)cc1. The van der Waals surface area contributed by atoms with Gasteiger partial charge in [-0.25, -0.2) is 0 Å². The zero-order chi connectivity index (χ0) is 15.0. The molecule has 1 aliphatic heterocycles. The highest BCUT2D eigenvalue weighted by Gasteiger charge is 2.37. The molecule has 0 fully saturated rings. The van der Waals surface area contributed by atoms with Gasteiger partial charge in [0.25, 0.3) is 0 Å². The van der Waals surface area contributed by atoms with Crippen molar-refractivity contribution in [3.05, 3.63) is 44.4 Å². The van der Waals surface area contributed by atoms with Crippen molar-refractivity contribution in [1.82, 2.24) is 4.98 Å². The molecule has 0 saturated heterocycles. The second kappa shape index (κ2) is 5.57. The fourth-order valence-electron chi connectivity index (χ4n) is 2.53. The topological polar surface area (TPSA) is 85.2 Å². The molecule has 21 heavy (non-hydrogen) atoms. The van der Waals surface area contributed by atoms with Gasteiger partial charge in [-0.1, -0.05) is 23.5 Å². The third-order valence-corrected chi connectivity index (χ3v) is 5.81. The lowest BCUT2D eigenvalue weighted by molar-refractivity contribution is -0.121. The summed E-state index contributed by atoms with van der Waals surface area (Å²) in [7, 11) is 1.61. The number of rotatable bonds is 3. The molecule has 1 aromatic carbocycles. The Labute approximate surface area is 129 Å². The first-order valence-electron chi connectivity index (χ1n) is 6.39. The van der Waals surface area contributed by atoms with Crippen LogP contribution < -0.4 is 15.3 Å². The van der Waals surface area contributed by atoms with Crippen LogP contribution in [0.1, 0.15) is 16.4 Å². The fourth-order valence-corrected chi connectivity index (χ4v) is 4.96. The first kappa shape index (κ1) is 14.2. The van der Waals surface area contributed by atoms with Crippen LogP contribution in [0.4, 0.5) is 0 Å². The highest BCUT2D eigenvalue weighted by atomic mass is 32.2. The van der Waals surface area contributed by atoms with Crippen LogP contribution in [0, 0.1) is 5.92 Å². The number of H-pyrrole nitrogens is 1. The number of amides is 1. The van der Waals surface area contributed by atoms with Crippen LogP contribution in [0.2, 0.25) is 0 Å². The van der Waals surface area contributed by atoms with E-state index in [1.807, 2.05) is 24.3 Å². The van der Waals surface area contributed by atoms with Crippen LogP contribution in [0.25, 0.3) is 0 Å². The minimum absolute atomic E-state index is 0.101. The van der Waals surface area contributed by atoms with Crippen molar-refractivity contribution in [2.24, 2.45) is 11.7 Å². The number of carbonyl (C=O) groups excluding carboxylic acids is 1. The minimum Gasteiger partial charge on any atom is -0.497 e. The molecule has 1 aliphatic rings. The molecule has 0 spiro atoms. The average molecular weight is 322 g/mol. The van der Waals surface area contributed by atoms with Crippen molar-refractivity contribution in [3.63, 3.8) is 0 Å². The number of thiazole rings is 1. The lowest BCUT2D eigenvalue weighted by Gasteiger charge is -2.28. The molecule has 2 aromatic rings. The molecule has 5 nitrogen and oxygen atoms in total. The molecule has 0 saturated carbocycles. The molecule has 110 valence electrons.